The van der Waals surface area contributed by atoms with Crippen molar-refractivity contribution >= 4 is 33.2 Å². The minimum atomic E-state index is -1.03. The Balaban J connectivity index is 2.02. The lowest BCUT2D eigenvalue weighted by Gasteiger charge is -2.18. The summed E-state index contributed by atoms with van der Waals surface area (Å²) in [4.78, 5) is 12.8. The molecule has 7 heteroatoms. The van der Waals surface area contributed by atoms with Gasteiger partial charge in [-0.05, 0) is 30.3 Å². The fourth-order valence-electron chi connectivity index (χ4n) is 2.39. The highest BCUT2D eigenvalue weighted by atomic mass is 32.1. The number of halogens is 1. The maximum atomic E-state index is 13.2. The zero-order valence-corrected chi connectivity index (χ0v) is 14.1. The Hall–Kier alpha value is -2.93. The number of fused-ring (bicyclic) bond motifs is 1. The van der Waals surface area contributed by atoms with Crippen molar-refractivity contribution in [3.05, 3.63) is 64.8 Å². The van der Waals surface area contributed by atoms with Gasteiger partial charge in [0.1, 0.15) is 17.4 Å². The Labute approximate surface area is 147 Å². The van der Waals surface area contributed by atoms with E-state index in [0.717, 1.165) is 10.1 Å². The molecule has 3 N–H and O–H groups in total. The van der Waals surface area contributed by atoms with Crippen LogP contribution in [0.2, 0.25) is 0 Å². The van der Waals surface area contributed by atoms with Crippen molar-refractivity contribution in [3.8, 4) is 5.75 Å². The van der Waals surface area contributed by atoms with E-state index in [9.17, 15) is 9.18 Å². The van der Waals surface area contributed by atoms with E-state index in [0.29, 0.717) is 16.2 Å². The molecule has 3 rings (SSSR count). The number of amidine groups is 1. The molecule has 1 heterocycles. The molecule has 5 nitrogen and oxygen atoms in total. The maximum absolute atomic E-state index is 13.2. The second-order valence-corrected chi connectivity index (χ2v) is 6.35. The van der Waals surface area contributed by atoms with Gasteiger partial charge in [0.05, 0.1) is 12.0 Å². The fraction of sp³-hybridized carbons (Fsp3) is 0.111. The number of nitrogen functional groups attached to an aromatic ring is 1. The van der Waals surface area contributed by atoms with Crippen molar-refractivity contribution in [1.29, 1.82) is 5.41 Å². The molecule has 1 aromatic heterocycles. The molecule has 0 aliphatic carbocycles. The zero-order chi connectivity index (χ0) is 18.0. The number of carbonyl (C=O) groups is 1. The van der Waals surface area contributed by atoms with Crippen LogP contribution in [0.25, 0.3) is 10.1 Å². The predicted molar refractivity (Wildman–Crippen MR) is 94.6 cm³/mol. The van der Waals surface area contributed by atoms with E-state index in [1.165, 1.54) is 42.7 Å². The molecule has 25 heavy (non-hydrogen) atoms. The number of thiophene rings is 1. The number of nitrogens with two attached hydrogens (primary N) is 1. The quantitative estimate of drug-likeness (QED) is 0.414. The number of hydrogen-bond acceptors (Lipinski definition) is 5. The van der Waals surface area contributed by atoms with Gasteiger partial charge < -0.3 is 15.2 Å². The van der Waals surface area contributed by atoms with E-state index >= 15 is 0 Å². The minimum Gasteiger partial charge on any atom is -0.473 e. The van der Waals surface area contributed by atoms with Crippen LogP contribution in [0.15, 0.2) is 48.5 Å². The van der Waals surface area contributed by atoms with Crippen molar-refractivity contribution in [2.24, 2.45) is 5.73 Å². The molecule has 3 aromatic rings. The Morgan fingerprint density at radius 3 is 2.60 bits per heavy atom. The molecule has 0 spiro atoms. The summed E-state index contributed by atoms with van der Waals surface area (Å²) in [5.74, 6) is -0.569. The number of rotatable bonds is 5. The number of benzene rings is 2. The van der Waals surface area contributed by atoms with Crippen molar-refractivity contribution in [1.82, 2.24) is 0 Å². The number of ether oxygens (including phenoxy) is 2. The van der Waals surface area contributed by atoms with Crippen LogP contribution < -0.4 is 10.5 Å². The molecule has 0 amide bonds. The molecule has 0 radical (unpaired) electrons. The molecule has 0 bridgehead atoms. The van der Waals surface area contributed by atoms with Gasteiger partial charge in [0.2, 0.25) is 6.10 Å². The van der Waals surface area contributed by atoms with E-state index in [-0.39, 0.29) is 5.84 Å². The third kappa shape index (κ3) is 3.46. The van der Waals surface area contributed by atoms with E-state index in [4.69, 9.17) is 20.6 Å². The lowest BCUT2D eigenvalue weighted by molar-refractivity contribution is -0.149. The third-order valence-corrected chi connectivity index (χ3v) is 4.75. The normalized spacial score (nSPS) is 11.9. The van der Waals surface area contributed by atoms with Crippen LogP contribution in [0.3, 0.4) is 0 Å². The summed E-state index contributed by atoms with van der Waals surface area (Å²) in [6.07, 6.45) is -1.03. The van der Waals surface area contributed by atoms with Gasteiger partial charge in [-0.3, -0.25) is 5.41 Å². The summed E-state index contributed by atoms with van der Waals surface area (Å²) >= 11 is 1.36. The summed E-state index contributed by atoms with van der Waals surface area (Å²) in [5, 5.41) is 8.31. The largest absolute Gasteiger partial charge is 0.473 e. The van der Waals surface area contributed by atoms with Gasteiger partial charge in [-0.15, -0.1) is 11.3 Å². The van der Waals surface area contributed by atoms with Crippen LogP contribution in [-0.2, 0) is 9.53 Å². The summed E-state index contributed by atoms with van der Waals surface area (Å²) in [6.45, 7) is 0. The van der Waals surface area contributed by atoms with Crippen LogP contribution in [0, 0.1) is 11.2 Å². The van der Waals surface area contributed by atoms with E-state index in [1.54, 1.807) is 18.2 Å². The SMILES string of the molecule is COC(=O)C(Oc1cccc2sc(C(=N)N)cc12)c1ccc(F)cc1. The standard InChI is InChI=1S/C18H15FN2O3S/c1-23-18(22)16(10-5-7-11(19)8-6-10)24-13-3-2-4-14-12(13)9-15(25-14)17(20)21/h2-9,16H,1H3,(H3,20,21). The van der Waals surface area contributed by atoms with E-state index < -0.39 is 17.9 Å². The van der Waals surface area contributed by atoms with E-state index in [1.807, 2.05) is 6.07 Å². The van der Waals surface area contributed by atoms with Crippen LogP contribution in [0.4, 0.5) is 4.39 Å². The highest BCUT2D eigenvalue weighted by Gasteiger charge is 2.25. The van der Waals surface area contributed by atoms with Gasteiger partial charge in [0, 0.05) is 15.6 Å². The first-order valence-corrected chi connectivity index (χ1v) is 8.18. The van der Waals surface area contributed by atoms with Crippen LogP contribution >= 0.6 is 11.3 Å². The maximum Gasteiger partial charge on any atom is 0.351 e. The van der Waals surface area contributed by atoms with Crippen LogP contribution in [0.1, 0.15) is 16.5 Å². The summed E-state index contributed by atoms with van der Waals surface area (Å²) in [5.41, 5.74) is 6.03. The lowest BCUT2D eigenvalue weighted by atomic mass is 10.1. The summed E-state index contributed by atoms with van der Waals surface area (Å²) in [6, 6.07) is 12.6. The monoisotopic (exact) mass is 358 g/mol. The highest BCUT2D eigenvalue weighted by Crippen LogP contribution is 2.35. The van der Waals surface area contributed by atoms with Crippen molar-refractivity contribution in [2.45, 2.75) is 6.10 Å². The Kier molecular flexibility index (Phi) is 4.67. The molecular weight excluding hydrogens is 343 g/mol. The molecule has 0 aliphatic heterocycles. The van der Waals surface area contributed by atoms with Crippen molar-refractivity contribution < 1.29 is 18.7 Å². The zero-order valence-electron chi connectivity index (χ0n) is 13.3. The molecule has 0 saturated heterocycles. The fourth-order valence-corrected chi connectivity index (χ4v) is 3.33. The molecule has 2 aromatic carbocycles. The lowest BCUT2D eigenvalue weighted by Crippen LogP contribution is -2.20. The second-order valence-electron chi connectivity index (χ2n) is 5.26. The first-order valence-electron chi connectivity index (χ1n) is 7.36. The Bertz CT molecular complexity index is 937. The van der Waals surface area contributed by atoms with Crippen LogP contribution in [-0.4, -0.2) is 18.9 Å². The molecule has 0 fully saturated rings. The topological polar surface area (TPSA) is 85.4 Å². The minimum absolute atomic E-state index is 0.0322. The number of hydrogen-bond donors (Lipinski definition) is 2. The molecule has 0 saturated carbocycles. The van der Waals surface area contributed by atoms with Gasteiger partial charge >= 0.3 is 5.97 Å². The number of methoxy groups -OCH3 is 1. The second kappa shape index (κ2) is 6.90. The Morgan fingerprint density at radius 1 is 1.24 bits per heavy atom. The van der Waals surface area contributed by atoms with E-state index in [2.05, 4.69) is 0 Å². The number of carbonyl (C=O) groups excluding carboxylic acids is 1. The number of nitrogens with one attached hydrogen (secondary N) is 1. The smallest absolute Gasteiger partial charge is 0.351 e. The average molecular weight is 358 g/mol. The Morgan fingerprint density at radius 2 is 1.96 bits per heavy atom. The van der Waals surface area contributed by atoms with Gasteiger partial charge in [-0.1, -0.05) is 18.2 Å². The first kappa shape index (κ1) is 16.9. The molecule has 1 atom stereocenters. The van der Waals surface area contributed by atoms with Gasteiger partial charge in [-0.25, -0.2) is 9.18 Å². The first-order chi connectivity index (χ1) is 12.0. The summed E-state index contributed by atoms with van der Waals surface area (Å²) in [7, 11) is 1.27. The van der Waals surface area contributed by atoms with Gasteiger partial charge in [-0.2, -0.15) is 0 Å². The molecule has 0 aliphatic rings. The van der Waals surface area contributed by atoms with Gasteiger partial charge in [0.15, 0.2) is 0 Å². The predicted octanol–water partition coefficient (Wildman–Crippen LogP) is 3.62. The summed E-state index contributed by atoms with van der Waals surface area (Å²) < 4.78 is 24.8. The van der Waals surface area contributed by atoms with Crippen molar-refractivity contribution in [2.75, 3.05) is 7.11 Å². The average Bonchev–Trinajstić information content (AvgIpc) is 3.05. The third-order valence-electron chi connectivity index (χ3n) is 3.62. The molecular formula is C18H15FN2O3S. The number of esters is 1. The van der Waals surface area contributed by atoms with Gasteiger partial charge in [0.25, 0.3) is 0 Å². The van der Waals surface area contributed by atoms with Crippen LogP contribution in [0.5, 0.6) is 5.75 Å². The highest BCUT2D eigenvalue weighted by molar-refractivity contribution is 7.20. The molecule has 128 valence electrons. The molecule has 1 unspecified atom stereocenters. The van der Waals surface area contributed by atoms with Crippen molar-refractivity contribution in [3.63, 3.8) is 0 Å².